The number of aromatic nitrogens is 3. The Hall–Kier alpha value is -1.51. The van der Waals surface area contributed by atoms with Crippen molar-refractivity contribution in [2.24, 2.45) is 7.05 Å². The number of anilines is 1. The highest BCUT2D eigenvalue weighted by Gasteiger charge is 2.11. The highest BCUT2D eigenvalue weighted by atomic mass is 79.9. The minimum atomic E-state index is -0.113. The average Bonchev–Trinajstić information content (AvgIpc) is 3.12. The molecule has 0 bridgehead atoms. The molecule has 0 atom stereocenters. The van der Waals surface area contributed by atoms with Crippen LogP contribution in [0.2, 0.25) is 0 Å². The van der Waals surface area contributed by atoms with Gasteiger partial charge < -0.3 is 5.32 Å². The summed E-state index contributed by atoms with van der Waals surface area (Å²) < 4.78 is 2.69. The van der Waals surface area contributed by atoms with Gasteiger partial charge in [-0.3, -0.25) is 9.48 Å². The van der Waals surface area contributed by atoms with Crippen LogP contribution in [0.1, 0.15) is 5.69 Å². The van der Waals surface area contributed by atoms with E-state index in [1.54, 1.807) is 39.6 Å². The summed E-state index contributed by atoms with van der Waals surface area (Å²) in [5.41, 5.74) is 0.771. The van der Waals surface area contributed by atoms with Crippen LogP contribution in [-0.2, 0) is 18.3 Å². The number of hydrogen-bond acceptors (Lipinski definition) is 5. The Morgan fingerprint density at radius 3 is 2.95 bits per heavy atom. The molecule has 0 fully saturated rings. The van der Waals surface area contributed by atoms with Crippen molar-refractivity contribution in [2.75, 3.05) is 5.32 Å². The number of nitrogens with zero attached hydrogens (tertiary/aromatic N) is 3. The SMILES string of the molecule is Cn1ccc(NC(=O)Cc2csc(-c3cc(Br)cs3)n2)n1. The molecule has 3 heterocycles. The predicted molar refractivity (Wildman–Crippen MR) is 88.7 cm³/mol. The second-order valence-corrected chi connectivity index (χ2v) is 7.06. The number of amides is 1. The van der Waals surface area contributed by atoms with E-state index in [2.05, 4.69) is 31.3 Å². The summed E-state index contributed by atoms with van der Waals surface area (Å²) in [7, 11) is 1.81. The van der Waals surface area contributed by atoms with Crippen LogP contribution >= 0.6 is 38.6 Å². The molecule has 1 amide bonds. The molecule has 8 heteroatoms. The van der Waals surface area contributed by atoms with E-state index in [0.717, 1.165) is 20.1 Å². The predicted octanol–water partition coefficient (Wildman–Crippen LogP) is 3.55. The molecular weight excluding hydrogens is 372 g/mol. The first-order chi connectivity index (χ1) is 10.1. The molecular formula is C13H11BrN4OS2. The van der Waals surface area contributed by atoms with Crippen LogP contribution in [0.25, 0.3) is 9.88 Å². The number of carbonyl (C=O) groups excluding carboxylic acids is 1. The molecule has 0 aromatic carbocycles. The standard InChI is InChI=1S/C13H11BrN4OS2/c1-18-3-2-11(17-18)16-12(19)5-9-7-21-13(15-9)10-4-8(14)6-20-10/h2-4,6-7H,5H2,1H3,(H,16,17,19). The molecule has 0 saturated heterocycles. The smallest absolute Gasteiger partial charge is 0.231 e. The molecule has 3 aromatic heterocycles. The molecule has 3 rings (SSSR count). The maximum atomic E-state index is 11.9. The number of thiazole rings is 1. The van der Waals surface area contributed by atoms with Crippen LogP contribution in [0.15, 0.2) is 33.6 Å². The number of nitrogens with one attached hydrogen (secondary N) is 1. The number of hydrogen-bond donors (Lipinski definition) is 1. The first-order valence-corrected chi connectivity index (χ1v) is 8.64. The zero-order chi connectivity index (χ0) is 14.8. The van der Waals surface area contributed by atoms with Crippen molar-refractivity contribution in [3.63, 3.8) is 0 Å². The lowest BCUT2D eigenvalue weighted by Gasteiger charge is -1.99. The molecule has 108 valence electrons. The molecule has 5 nitrogen and oxygen atoms in total. The highest BCUT2D eigenvalue weighted by Crippen LogP contribution is 2.32. The molecule has 0 aliphatic heterocycles. The largest absolute Gasteiger partial charge is 0.309 e. The van der Waals surface area contributed by atoms with Crippen LogP contribution in [0.3, 0.4) is 0 Å². The summed E-state index contributed by atoms with van der Waals surface area (Å²) in [6.45, 7) is 0. The van der Waals surface area contributed by atoms with Crippen LogP contribution in [0, 0.1) is 0 Å². The summed E-state index contributed by atoms with van der Waals surface area (Å²) >= 11 is 6.60. The van der Waals surface area contributed by atoms with Crippen LogP contribution < -0.4 is 5.32 Å². The molecule has 0 radical (unpaired) electrons. The van der Waals surface area contributed by atoms with Gasteiger partial charge in [-0.1, -0.05) is 0 Å². The van der Waals surface area contributed by atoms with E-state index in [9.17, 15) is 4.79 Å². The summed E-state index contributed by atoms with van der Waals surface area (Å²) in [6.07, 6.45) is 2.03. The van der Waals surface area contributed by atoms with E-state index in [1.165, 1.54) is 0 Å². The maximum Gasteiger partial charge on any atom is 0.231 e. The van der Waals surface area contributed by atoms with Crippen molar-refractivity contribution >= 4 is 50.3 Å². The molecule has 3 aromatic rings. The third-order valence-electron chi connectivity index (χ3n) is 2.65. The number of aryl methyl sites for hydroxylation is 1. The van der Waals surface area contributed by atoms with E-state index < -0.39 is 0 Å². The van der Waals surface area contributed by atoms with Gasteiger partial charge in [0.25, 0.3) is 0 Å². The molecule has 0 aliphatic carbocycles. The van der Waals surface area contributed by atoms with E-state index >= 15 is 0 Å². The van der Waals surface area contributed by atoms with Gasteiger partial charge >= 0.3 is 0 Å². The Balaban J connectivity index is 1.65. The zero-order valence-corrected chi connectivity index (χ0v) is 14.3. The normalized spacial score (nSPS) is 10.8. The molecule has 0 saturated carbocycles. The molecule has 0 spiro atoms. The Kier molecular flexibility index (Phi) is 4.18. The second-order valence-electron chi connectivity index (χ2n) is 4.37. The second kappa shape index (κ2) is 6.08. The lowest BCUT2D eigenvalue weighted by Crippen LogP contribution is -2.15. The lowest BCUT2D eigenvalue weighted by molar-refractivity contribution is -0.115. The van der Waals surface area contributed by atoms with E-state index in [-0.39, 0.29) is 12.3 Å². The Morgan fingerprint density at radius 1 is 1.43 bits per heavy atom. The summed E-state index contributed by atoms with van der Waals surface area (Å²) in [4.78, 5) is 17.5. The van der Waals surface area contributed by atoms with Gasteiger partial charge in [0.05, 0.1) is 17.0 Å². The van der Waals surface area contributed by atoms with Gasteiger partial charge in [-0.05, 0) is 22.0 Å². The molecule has 1 N–H and O–H groups in total. The Labute approximate surface area is 137 Å². The third kappa shape index (κ3) is 3.58. The van der Waals surface area contributed by atoms with Crippen molar-refractivity contribution in [3.05, 3.63) is 39.3 Å². The third-order valence-corrected chi connectivity index (χ3v) is 5.40. The van der Waals surface area contributed by atoms with Gasteiger partial charge in [-0.25, -0.2) is 4.98 Å². The van der Waals surface area contributed by atoms with Gasteiger partial charge in [-0.15, -0.1) is 22.7 Å². The summed E-state index contributed by atoms with van der Waals surface area (Å²) in [6, 6.07) is 3.79. The summed E-state index contributed by atoms with van der Waals surface area (Å²) in [5, 5.41) is 11.7. The molecule has 0 unspecified atom stereocenters. The highest BCUT2D eigenvalue weighted by molar-refractivity contribution is 9.10. The minimum absolute atomic E-state index is 0.113. The number of rotatable bonds is 4. The topological polar surface area (TPSA) is 59.8 Å². The fraction of sp³-hybridized carbons (Fsp3) is 0.154. The van der Waals surface area contributed by atoms with Crippen molar-refractivity contribution in [3.8, 4) is 9.88 Å². The first-order valence-electron chi connectivity index (χ1n) is 6.08. The number of halogens is 1. The lowest BCUT2D eigenvalue weighted by atomic mass is 10.3. The van der Waals surface area contributed by atoms with Crippen molar-refractivity contribution in [2.45, 2.75) is 6.42 Å². The number of carbonyl (C=O) groups is 1. The van der Waals surface area contributed by atoms with Crippen LogP contribution in [-0.4, -0.2) is 20.7 Å². The molecule has 0 aliphatic rings. The zero-order valence-electron chi connectivity index (χ0n) is 11.0. The minimum Gasteiger partial charge on any atom is -0.309 e. The van der Waals surface area contributed by atoms with Crippen molar-refractivity contribution in [1.29, 1.82) is 0 Å². The maximum absolute atomic E-state index is 11.9. The van der Waals surface area contributed by atoms with Crippen molar-refractivity contribution in [1.82, 2.24) is 14.8 Å². The van der Waals surface area contributed by atoms with Gasteiger partial charge in [0.1, 0.15) is 5.01 Å². The Bertz CT molecular complexity index is 777. The van der Waals surface area contributed by atoms with E-state index in [1.807, 2.05) is 23.9 Å². The molecule has 21 heavy (non-hydrogen) atoms. The van der Waals surface area contributed by atoms with Gasteiger partial charge in [0.15, 0.2) is 5.82 Å². The van der Waals surface area contributed by atoms with Gasteiger partial charge in [-0.2, -0.15) is 5.10 Å². The average molecular weight is 383 g/mol. The van der Waals surface area contributed by atoms with Crippen LogP contribution in [0.4, 0.5) is 5.82 Å². The van der Waals surface area contributed by atoms with Crippen molar-refractivity contribution < 1.29 is 4.79 Å². The van der Waals surface area contributed by atoms with Gasteiger partial charge in [0.2, 0.25) is 5.91 Å². The number of thiophene rings is 1. The Morgan fingerprint density at radius 2 is 2.29 bits per heavy atom. The van der Waals surface area contributed by atoms with Gasteiger partial charge in [0, 0.05) is 34.5 Å². The monoisotopic (exact) mass is 382 g/mol. The fourth-order valence-electron chi connectivity index (χ4n) is 1.76. The van der Waals surface area contributed by atoms with E-state index in [4.69, 9.17) is 0 Å². The first kappa shape index (κ1) is 14.4. The van der Waals surface area contributed by atoms with E-state index in [0.29, 0.717) is 5.82 Å². The van der Waals surface area contributed by atoms with Crippen LogP contribution in [0.5, 0.6) is 0 Å². The quantitative estimate of drug-likeness (QED) is 0.750. The fourth-order valence-corrected chi connectivity index (χ4v) is 4.09. The summed E-state index contributed by atoms with van der Waals surface area (Å²) in [5.74, 6) is 0.443.